The van der Waals surface area contributed by atoms with Crippen LogP contribution >= 0.6 is 0 Å². The Labute approximate surface area is 218 Å². The van der Waals surface area contributed by atoms with Gasteiger partial charge in [0.25, 0.3) is 0 Å². The van der Waals surface area contributed by atoms with Gasteiger partial charge in [-0.1, -0.05) is 42.5 Å². The Bertz CT molecular complexity index is 1030. The van der Waals surface area contributed by atoms with Crippen LogP contribution in [0.4, 0.5) is 9.59 Å². The summed E-state index contributed by atoms with van der Waals surface area (Å²) in [4.78, 5) is 41.2. The molecule has 0 bridgehead atoms. The van der Waals surface area contributed by atoms with Crippen molar-refractivity contribution in [1.29, 1.82) is 0 Å². The summed E-state index contributed by atoms with van der Waals surface area (Å²) in [5.41, 5.74) is 1.24. The Hall–Kier alpha value is -3.75. The maximum Gasteiger partial charge on any atom is 0.409 e. The number of ether oxygens (including phenoxy) is 3. The molecule has 1 N–H and O–H groups in total. The SMILES string of the molecule is CCOC(=O)N1CCN(C(=O)[C@H](Cc2ccc(OCc3ccccc3)cc2)NC(=O)OC(C)(C)C)CC1. The summed E-state index contributed by atoms with van der Waals surface area (Å²) in [5.74, 6) is 0.490. The first-order chi connectivity index (χ1) is 17.6. The van der Waals surface area contributed by atoms with Crippen LogP contribution in [0.1, 0.15) is 38.8 Å². The molecule has 1 saturated heterocycles. The summed E-state index contributed by atoms with van der Waals surface area (Å²) < 4.78 is 16.3. The number of nitrogens with one attached hydrogen (secondary N) is 1. The standard InChI is InChI=1S/C28H37N3O6/c1-5-35-27(34)31-17-15-30(16-18-31)25(32)24(29-26(33)37-28(2,3)4)19-21-11-13-23(14-12-21)36-20-22-9-7-6-8-10-22/h6-14,24H,5,15-20H2,1-4H3,(H,29,33)/t24-/m0/s1. The molecule has 0 spiro atoms. The molecule has 1 heterocycles. The van der Waals surface area contributed by atoms with Crippen molar-refractivity contribution in [2.75, 3.05) is 32.8 Å². The van der Waals surface area contributed by atoms with Gasteiger partial charge in [0.15, 0.2) is 0 Å². The molecular formula is C28H37N3O6. The smallest absolute Gasteiger partial charge is 0.409 e. The Morgan fingerprint density at radius 3 is 2.11 bits per heavy atom. The maximum atomic E-state index is 13.4. The molecule has 37 heavy (non-hydrogen) atoms. The quantitative estimate of drug-likeness (QED) is 0.575. The van der Waals surface area contributed by atoms with Crippen LogP contribution in [0.2, 0.25) is 0 Å². The van der Waals surface area contributed by atoms with Gasteiger partial charge in [0, 0.05) is 32.6 Å². The van der Waals surface area contributed by atoms with Gasteiger partial charge in [-0.15, -0.1) is 0 Å². The molecule has 2 aromatic rings. The lowest BCUT2D eigenvalue weighted by atomic mass is 10.0. The van der Waals surface area contributed by atoms with Gasteiger partial charge in [0.05, 0.1) is 6.61 Å². The number of hydrogen-bond acceptors (Lipinski definition) is 6. The predicted octanol–water partition coefficient (Wildman–Crippen LogP) is 4.00. The molecule has 0 aliphatic carbocycles. The zero-order valence-corrected chi connectivity index (χ0v) is 22.1. The fourth-order valence-corrected chi connectivity index (χ4v) is 3.89. The van der Waals surface area contributed by atoms with Gasteiger partial charge in [0.2, 0.25) is 5.91 Å². The Kier molecular flexibility index (Phi) is 9.77. The van der Waals surface area contributed by atoms with Crippen LogP contribution in [-0.4, -0.2) is 72.3 Å². The zero-order chi connectivity index (χ0) is 26.8. The molecule has 1 atom stereocenters. The Morgan fingerprint density at radius 2 is 1.51 bits per heavy atom. The molecule has 1 aliphatic rings. The second kappa shape index (κ2) is 13.0. The molecule has 0 unspecified atom stereocenters. The molecule has 1 fully saturated rings. The van der Waals surface area contributed by atoms with E-state index in [9.17, 15) is 14.4 Å². The number of hydrogen-bond donors (Lipinski definition) is 1. The molecule has 9 nitrogen and oxygen atoms in total. The molecule has 9 heteroatoms. The summed E-state index contributed by atoms with van der Waals surface area (Å²) in [5, 5.41) is 2.75. The Balaban J connectivity index is 1.64. The molecule has 3 amide bonds. The summed E-state index contributed by atoms with van der Waals surface area (Å²) in [6.45, 7) is 9.29. The zero-order valence-electron chi connectivity index (χ0n) is 22.1. The minimum atomic E-state index is -0.819. The molecule has 0 aromatic heterocycles. The highest BCUT2D eigenvalue weighted by atomic mass is 16.6. The highest BCUT2D eigenvalue weighted by molar-refractivity contribution is 5.86. The van der Waals surface area contributed by atoms with Gasteiger partial charge >= 0.3 is 12.2 Å². The van der Waals surface area contributed by atoms with E-state index < -0.39 is 17.7 Å². The van der Waals surface area contributed by atoms with E-state index >= 15 is 0 Å². The van der Waals surface area contributed by atoms with Gasteiger partial charge in [-0.2, -0.15) is 0 Å². The number of alkyl carbamates (subject to hydrolysis) is 1. The van der Waals surface area contributed by atoms with E-state index in [4.69, 9.17) is 14.2 Å². The second-order valence-electron chi connectivity index (χ2n) is 9.83. The number of nitrogens with zero attached hydrogens (tertiary/aromatic N) is 2. The largest absolute Gasteiger partial charge is 0.489 e. The lowest BCUT2D eigenvalue weighted by molar-refractivity contribution is -0.135. The number of benzene rings is 2. The second-order valence-corrected chi connectivity index (χ2v) is 9.83. The molecular weight excluding hydrogens is 474 g/mol. The van der Waals surface area contributed by atoms with Gasteiger partial charge in [-0.05, 0) is 51.0 Å². The van der Waals surface area contributed by atoms with E-state index in [1.807, 2.05) is 54.6 Å². The number of rotatable bonds is 8. The van der Waals surface area contributed by atoms with Crippen molar-refractivity contribution in [2.24, 2.45) is 0 Å². The Morgan fingerprint density at radius 1 is 0.892 bits per heavy atom. The van der Waals surface area contributed by atoms with Gasteiger partial charge in [-0.25, -0.2) is 9.59 Å². The fraction of sp³-hybridized carbons (Fsp3) is 0.464. The number of carbonyl (C=O) groups is 3. The van der Waals surface area contributed by atoms with Crippen molar-refractivity contribution >= 4 is 18.1 Å². The van der Waals surface area contributed by atoms with Gasteiger partial charge in [0.1, 0.15) is 24.0 Å². The van der Waals surface area contributed by atoms with Crippen LogP contribution in [0.5, 0.6) is 5.75 Å². The van der Waals surface area contributed by atoms with Crippen molar-refractivity contribution in [1.82, 2.24) is 15.1 Å². The van der Waals surface area contributed by atoms with Crippen molar-refractivity contribution in [2.45, 2.75) is 52.4 Å². The summed E-state index contributed by atoms with van der Waals surface area (Å²) in [6.07, 6.45) is -0.749. The third-order valence-electron chi connectivity index (χ3n) is 5.72. The average Bonchev–Trinajstić information content (AvgIpc) is 2.87. The summed E-state index contributed by atoms with van der Waals surface area (Å²) in [7, 11) is 0. The molecule has 1 aliphatic heterocycles. The summed E-state index contributed by atoms with van der Waals surface area (Å²) >= 11 is 0. The fourth-order valence-electron chi connectivity index (χ4n) is 3.89. The topological polar surface area (TPSA) is 97.4 Å². The van der Waals surface area contributed by atoms with E-state index in [0.29, 0.717) is 45.1 Å². The summed E-state index contributed by atoms with van der Waals surface area (Å²) in [6, 6.07) is 16.5. The van der Waals surface area contributed by atoms with Crippen molar-refractivity contribution < 1.29 is 28.6 Å². The van der Waals surface area contributed by atoms with Crippen molar-refractivity contribution in [3.8, 4) is 5.75 Å². The minimum Gasteiger partial charge on any atom is -0.489 e. The first kappa shape index (κ1) is 27.8. The monoisotopic (exact) mass is 511 g/mol. The van der Waals surface area contributed by atoms with E-state index in [1.165, 1.54) is 0 Å². The van der Waals surface area contributed by atoms with Gasteiger partial charge in [-0.3, -0.25) is 4.79 Å². The van der Waals surface area contributed by atoms with E-state index in [2.05, 4.69) is 5.32 Å². The van der Waals surface area contributed by atoms with Crippen LogP contribution in [-0.2, 0) is 27.3 Å². The van der Waals surface area contributed by atoms with Crippen molar-refractivity contribution in [3.63, 3.8) is 0 Å². The van der Waals surface area contributed by atoms with E-state index in [0.717, 1.165) is 11.1 Å². The number of carbonyl (C=O) groups excluding carboxylic acids is 3. The number of amides is 3. The molecule has 0 saturated carbocycles. The minimum absolute atomic E-state index is 0.223. The van der Waals surface area contributed by atoms with E-state index in [-0.39, 0.29) is 18.4 Å². The molecule has 200 valence electrons. The highest BCUT2D eigenvalue weighted by Gasteiger charge is 2.31. The molecule has 2 aromatic carbocycles. The number of piperazine rings is 1. The normalized spacial score (nSPS) is 14.5. The predicted molar refractivity (Wildman–Crippen MR) is 139 cm³/mol. The average molecular weight is 512 g/mol. The first-order valence-corrected chi connectivity index (χ1v) is 12.6. The van der Waals surface area contributed by atoms with Crippen molar-refractivity contribution in [3.05, 3.63) is 65.7 Å². The van der Waals surface area contributed by atoms with Crippen LogP contribution in [0.25, 0.3) is 0 Å². The molecule has 0 radical (unpaired) electrons. The maximum absolute atomic E-state index is 13.4. The third kappa shape index (κ3) is 9.00. The lowest BCUT2D eigenvalue weighted by Gasteiger charge is -2.36. The van der Waals surface area contributed by atoms with Crippen LogP contribution in [0.3, 0.4) is 0 Å². The van der Waals surface area contributed by atoms with Gasteiger partial charge < -0.3 is 29.3 Å². The third-order valence-corrected chi connectivity index (χ3v) is 5.72. The van der Waals surface area contributed by atoms with Crippen LogP contribution in [0, 0.1) is 0 Å². The van der Waals surface area contributed by atoms with Crippen LogP contribution in [0.15, 0.2) is 54.6 Å². The van der Waals surface area contributed by atoms with Crippen LogP contribution < -0.4 is 10.1 Å². The van der Waals surface area contributed by atoms with E-state index in [1.54, 1.807) is 37.5 Å². The lowest BCUT2D eigenvalue weighted by Crippen LogP contribution is -2.56. The first-order valence-electron chi connectivity index (χ1n) is 12.6. The molecule has 3 rings (SSSR count). The highest BCUT2D eigenvalue weighted by Crippen LogP contribution is 2.17.